The van der Waals surface area contributed by atoms with Crippen LogP contribution in [0.25, 0.3) is 0 Å². The van der Waals surface area contributed by atoms with Gasteiger partial charge in [-0.25, -0.2) is 4.39 Å². The number of thiazole rings is 1. The van der Waals surface area contributed by atoms with Crippen molar-refractivity contribution in [3.63, 3.8) is 0 Å². The van der Waals surface area contributed by atoms with Crippen LogP contribution in [0.5, 0.6) is 0 Å². The number of hydrogen-bond acceptors (Lipinski definition) is 4. The molecule has 0 aliphatic carbocycles. The van der Waals surface area contributed by atoms with Crippen LogP contribution in [0.2, 0.25) is 5.02 Å². The van der Waals surface area contributed by atoms with Crippen molar-refractivity contribution in [2.45, 2.75) is 20.0 Å². The van der Waals surface area contributed by atoms with Gasteiger partial charge in [0.25, 0.3) is 0 Å². The van der Waals surface area contributed by atoms with E-state index in [2.05, 4.69) is 9.80 Å². The van der Waals surface area contributed by atoms with Crippen LogP contribution in [0.15, 0.2) is 28.4 Å². The number of aryl methyl sites for hydroxylation is 1. The number of hydrogen-bond donors (Lipinski definition) is 0. The van der Waals surface area contributed by atoms with Gasteiger partial charge in [-0.15, -0.1) is 0 Å². The van der Waals surface area contributed by atoms with Gasteiger partial charge in [0.15, 0.2) is 0 Å². The summed E-state index contributed by atoms with van der Waals surface area (Å²) in [6.45, 7) is 7.70. The van der Waals surface area contributed by atoms with Crippen LogP contribution >= 0.6 is 22.9 Å². The third-order valence-electron chi connectivity index (χ3n) is 4.52. The molecule has 2 aromatic rings. The average Bonchev–Trinajstić information content (AvgIpc) is 2.89. The summed E-state index contributed by atoms with van der Waals surface area (Å²) < 4.78 is 15.7. The Bertz CT molecular complexity index is 732. The molecule has 1 aliphatic heterocycles. The van der Waals surface area contributed by atoms with Crippen molar-refractivity contribution < 1.29 is 4.39 Å². The fraction of sp³-hybridized carbons (Fsp3) is 0.471. The molecule has 1 aliphatic rings. The quantitative estimate of drug-likeness (QED) is 0.811. The summed E-state index contributed by atoms with van der Waals surface area (Å²) in [6.07, 6.45) is 0. The zero-order valence-corrected chi connectivity index (χ0v) is 15.2. The van der Waals surface area contributed by atoms with E-state index in [4.69, 9.17) is 11.6 Å². The second kappa shape index (κ2) is 7.78. The molecule has 1 aromatic carbocycles. The maximum Gasteiger partial charge on any atom is 0.307 e. The summed E-state index contributed by atoms with van der Waals surface area (Å²) in [6, 6.07) is 4.82. The summed E-state index contributed by atoms with van der Waals surface area (Å²) in [5.41, 5.74) is 1.60. The zero-order valence-electron chi connectivity index (χ0n) is 13.7. The molecule has 0 amide bonds. The van der Waals surface area contributed by atoms with Crippen LogP contribution in [0, 0.1) is 12.7 Å². The van der Waals surface area contributed by atoms with E-state index in [1.807, 2.05) is 16.9 Å². The lowest BCUT2D eigenvalue weighted by atomic mass is 10.2. The number of piperazine rings is 1. The van der Waals surface area contributed by atoms with Gasteiger partial charge in [0.05, 0.1) is 0 Å². The summed E-state index contributed by atoms with van der Waals surface area (Å²) in [5, 5.41) is 2.39. The SMILES string of the molecule is Cc1csc(=O)n1CCN1CCN(Cc2c(F)cccc2Cl)CC1. The molecule has 130 valence electrons. The molecule has 3 rings (SSSR count). The molecular formula is C17H21ClFN3OS. The van der Waals surface area contributed by atoms with Gasteiger partial charge in [-0.05, 0) is 19.1 Å². The summed E-state index contributed by atoms with van der Waals surface area (Å²) in [4.78, 5) is 16.4. The topological polar surface area (TPSA) is 28.5 Å². The third kappa shape index (κ3) is 4.06. The summed E-state index contributed by atoms with van der Waals surface area (Å²) >= 11 is 7.36. The molecule has 2 heterocycles. The molecule has 0 N–H and O–H groups in total. The zero-order chi connectivity index (χ0) is 17.1. The molecular weight excluding hydrogens is 349 g/mol. The highest BCUT2D eigenvalue weighted by atomic mass is 35.5. The Morgan fingerprint density at radius 2 is 1.88 bits per heavy atom. The van der Waals surface area contributed by atoms with E-state index in [0.717, 1.165) is 45.0 Å². The van der Waals surface area contributed by atoms with Gasteiger partial charge in [-0.1, -0.05) is 29.0 Å². The van der Waals surface area contributed by atoms with Gasteiger partial charge in [-0.3, -0.25) is 14.6 Å². The van der Waals surface area contributed by atoms with E-state index >= 15 is 0 Å². The van der Waals surface area contributed by atoms with Crippen LogP contribution in [0.1, 0.15) is 11.3 Å². The maximum atomic E-state index is 13.9. The second-order valence-corrected chi connectivity index (χ2v) is 7.34. The van der Waals surface area contributed by atoms with Gasteiger partial charge in [0, 0.05) is 67.5 Å². The Morgan fingerprint density at radius 1 is 1.17 bits per heavy atom. The number of benzene rings is 1. The Labute approximate surface area is 150 Å². The minimum absolute atomic E-state index is 0.111. The highest BCUT2D eigenvalue weighted by Gasteiger charge is 2.19. The van der Waals surface area contributed by atoms with E-state index in [9.17, 15) is 9.18 Å². The molecule has 1 aromatic heterocycles. The first-order valence-corrected chi connectivity index (χ1v) is 9.33. The van der Waals surface area contributed by atoms with Crippen LogP contribution in [0.3, 0.4) is 0 Å². The third-order valence-corrected chi connectivity index (χ3v) is 5.76. The standard InChI is InChI=1S/C17H21ClFN3OS/c1-13-12-24-17(23)22(13)10-9-20-5-7-21(8-6-20)11-14-15(18)3-2-4-16(14)19/h2-4,12H,5-11H2,1H3. The maximum absolute atomic E-state index is 13.9. The van der Waals surface area contributed by atoms with Crippen molar-refractivity contribution >= 4 is 22.9 Å². The number of nitrogens with zero attached hydrogens (tertiary/aromatic N) is 3. The van der Waals surface area contributed by atoms with Crippen molar-refractivity contribution in [2.75, 3.05) is 32.7 Å². The average molecular weight is 370 g/mol. The Morgan fingerprint density at radius 3 is 2.50 bits per heavy atom. The Hall–Kier alpha value is -1.21. The second-order valence-electron chi connectivity index (χ2n) is 6.11. The molecule has 0 atom stereocenters. The molecule has 24 heavy (non-hydrogen) atoms. The van der Waals surface area contributed by atoms with Gasteiger partial charge in [0.2, 0.25) is 0 Å². The predicted octanol–water partition coefficient (Wildman–Crippen LogP) is 2.83. The molecule has 7 heteroatoms. The molecule has 1 saturated heterocycles. The van der Waals surface area contributed by atoms with Gasteiger partial charge in [-0.2, -0.15) is 0 Å². The predicted molar refractivity (Wildman–Crippen MR) is 96.4 cm³/mol. The smallest absolute Gasteiger partial charge is 0.302 e. The lowest BCUT2D eigenvalue weighted by Gasteiger charge is -2.35. The van der Waals surface area contributed by atoms with E-state index in [0.29, 0.717) is 17.1 Å². The minimum atomic E-state index is -0.239. The van der Waals surface area contributed by atoms with Crippen molar-refractivity contribution in [1.82, 2.24) is 14.4 Å². The van der Waals surface area contributed by atoms with E-state index in [-0.39, 0.29) is 10.7 Å². The number of halogens is 2. The van der Waals surface area contributed by atoms with Crippen molar-refractivity contribution in [3.8, 4) is 0 Å². The first kappa shape index (κ1) is 17.6. The summed E-state index contributed by atoms with van der Waals surface area (Å²) in [7, 11) is 0. The molecule has 0 unspecified atom stereocenters. The van der Waals surface area contributed by atoms with Crippen LogP contribution in [-0.2, 0) is 13.1 Å². The normalized spacial score (nSPS) is 16.6. The lowest BCUT2D eigenvalue weighted by Crippen LogP contribution is -2.47. The molecule has 0 radical (unpaired) electrons. The van der Waals surface area contributed by atoms with Crippen molar-refractivity contribution in [3.05, 3.63) is 55.3 Å². The van der Waals surface area contributed by atoms with Crippen LogP contribution in [0.4, 0.5) is 4.39 Å². The molecule has 0 spiro atoms. The first-order valence-electron chi connectivity index (χ1n) is 8.07. The largest absolute Gasteiger partial charge is 0.307 e. The Kier molecular flexibility index (Phi) is 5.71. The fourth-order valence-corrected chi connectivity index (χ4v) is 3.98. The summed E-state index contributed by atoms with van der Waals surface area (Å²) in [5.74, 6) is -0.239. The van der Waals surface area contributed by atoms with E-state index in [1.165, 1.54) is 17.4 Å². The lowest BCUT2D eigenvalue weighted by molar-refractivity contribution is 0.123. The van der Waals surface area contributed by atoms with Crippen molar-refractivity contribution in [2.24, 2.45) is 0 Å². The van der Waals surface area contributed by atoms with Crippen LogP contribution < -0.4 is 4.87 Å². The van der Waals surface area contributed by atoms with E-state index in [1.54, 1.807) is 12.1 Å². The number of aromatic nitrogens is 1. The highest BCUT2D eigenvalue weighted by Crippen LogP contribution is 2.21. The Balaban J connectivity index is 1.50. The molecule has 0 saturated carbocycles. The minimum Gasteiger partial charge on any atom is -0.302 e. The molecule has 4 nitrogen and oxygen atoms in total. The molecule has 1 fully saturated rings. The monoisotopic (exact) mass is 369 g/mol. The van der Waals surface area contributed by atoms with Crippen LogP contribution in [-0.4, -0.2) is 47.1 Å². The van der Waals surface area contributed by atoms with Gasteiger partial charge < -0.3 is 4.57 Å². The first-order chi connectivity index (χ1) is 11.5. The fourth-order valence-electron chi connectivity index (χ4n) is 2.99. The van der Waals surface area contributed by atoms with E-state index < -0.39 is 0 Å². The van der Waals surface area contributed by atoms with Gasteiger partial charge in [0.1, 0.15) is 5.82 Å². The molecule has 0 bridgehead atoms. The van der Waals surface area contributed by atoms with Crippen molar-refractivity contribution in [1.29, 1.82) is 0 Å². The van der Waals surface area contributed by atoms with Gasteiger partial charge >= 0.3 is 4.87 Å². The number of rotatable bonds is 5. The highest BCUT2D eigenvalue weighted by molar-refractivity contribution is 7.07.